The standard InChI is InChI=1S/C9H14F3NO2/c1-3-4-13-7(2)5-8(14)15-6-9(10,11)12/h5,13H,3-4,6H2,1-2H3/b7-5-. The molecule has 0 aromatic carbocycles. The maximum atomic E-state index is 11.6. The molecule has 0 bridgehead atoms. The number of hydrogen-bond acceptors (Lipinski definition) is 3. The molecule has 0 aromatic rings. The monoisotopic (exact) mass is 225 g/mol. The van der Waals surface area contributed by atoms with Crippen molar-refractivity contribution in [2.45, 2.75) is 26.4 Å². The maximum Gasteiger partial charge on any atom is 0.422 e. The van der Waals surface area contributed by atoms with Crippen LogP contribution in [0, 0.1) is 0 Å². The van der Waals surface area contributed by atoms with Crippen LogP contribution in [0.2, 0.25) is 0 Å². The Morgan fingerprint density at radius 1 is 1.47 bits per heavy atom. The summed E-state index contributed by atoms with van der Waals surface area (Å²) >= 11 is 0. The topological polar surface area (TPSA) is 38.3 Å². The Morgan fingerprint density at radius 3 is 2.53 bits per heavy atom. The molecular formula is C9H14F3NO2. The van der Waals surface area contributed by atoms with E-state index in [1.807, 2.05) is 6.92 Å². The lowest BCUT2D eigenvalue weighted by Gasteiger charge is -2.07. The second-order valence-corrected chi connectivity index (χ2v) is 2.98. The molecule has 0 radical (unpaired) electrons. The predicted octanol–water partition coefficient (Wildman–Crippen LogP) is 2.00. The van der Waals surface area contributed by atoms with Crippen molar-refractivity contribution in [2.75, 3.05) is 13.2 Å². The molecule has 1 N–H and O–H groups in total. The third kappa shape index (κ3) is 9.11. The lowest BCUT2D eigenvalue weighted by atomic mass is 10.4. The van der Waals surface area contributed by atoms with E-state index in [1.54, 1.807) is 6.92 Å². The van der Waals surface area contributed by atoms with E-state index < -0.39 is 18.8 Å². The van der Waals surface area contributed by atoms with Crippen LogP contribution in [0.15, 0.2) is 11.8 Å². The first-order chi connectivity index (χ1) is 6.85. The van der Waals surface area contributed by atoms with Gasteiger partial charge >= 0.3 is 12.1 Å². The third-order valence-electron chi connectivity index (χ3n) is 1.37. The Hall–Kier alpha value is -1.20. The van der Waals surface area contributed by atoms with Crippen LogP contribution >= 0.6 is 0 Å². The first kappa shape index (κ1) is 13.8. The Labute approximate surface area is 86.3 Å². The summed E-state index contributed by atoms with van der Waals surface area (Å²) in [6.07, 6.45) is -2.61. The number of ether oxygens (including phenoxy) is 1. The van der Waals surface area contributed by atoms with Gasteiger partial charge in [0, 0.05) is 18.3 Å². The summed E-state index contributed by atoms with van der Waals surface area (Å²) in [5, 5.41) is 2.84. The first-order valence-electron chi connectivity index (χ1n) is 4.51. The second-order valence-electron chi connectivity index (χ2n) is 2.98. The largest absolute Gasteiger partial charge is 0.453 e. The lowest BCUT2D eigenvalue weighted by molar-refractivity contribution is -0.182. The van der Waals surface area contributed by atoms with Crippen molar-refractivity contribution >= 4 is 5.97 Å². The first-order valence-corrected chi connectivity index (χ1v) is 4.51. The van der Waals surface area contributed by atoms with Crippen LogP contribution in [0.5, 0.6) is 0 Å². The van der Waals surface area contributed by atoms with Crippen LogP contribution in [0.1, 0.15) is 20.3 Å². The highest BCUT2D eigenvalue weighted by Gasteiger charge is 2.29. The number of nitrogens with one attached hydrogen (secondary N) is 1. The van der Waals surface area contributed by atoms with Gasteiger partial charge in [0.05, 0.1) is 0 Å². The molecule has 3 nitrogen and oxygen atoms in total. The predicted molar refractivity (Wildman–Crippen MR) is 49.1 cm³/mol. The van der Waals surface area contributed by atoms with Crippen molar-refractivity contribution in [3.63, 3.8) is 0 Å². The molecule has 0 spiro atoms. The molecule has 0 aliphatic rings. The van der Waals surface area contributed by atoms with E-state index in [2.05, 4.69) is 10.1 Å². The van der Waals surface area contributed by atoms with Crippen molar-refractivity contribution in [1.82, 2.24) is 5.32 Å². The summed E-state index contributed by atoms with van der Waals surface area (Å²) in [5.74, 6) is -0.992. The van der Waals surface area contributed by atoms with Crippen LogP contribution in [-0.2, 0) is 9.53 Å². The molecule has 0 amide bonds. The molecule has 15 heavy (non-hydrogen) atoms. The van der Waals surface area contributed by atoms with Gasteiger partial charge in [0.15, 0.2) is 6.61 Å². The summed E-state index contributed by atoms with van der Waals surface area (Å²) in [6.45, 7) is 2.63. The highest BCUT2D eigenvalue weighted by Crippen LogP contribution is 2.14. The molecule has 0 aliphatic heterocycles. The Morgan fingerprint density at radius 2 is 2.07 bits per heavy atom. The van der Waals surface area contributed by atoms with Gasteiger partial charge in [-0.1, -0.05) is 6.92 Å². The number of allylic oxidation sites excluding steroid dienone is 1. The van der Waals surface area contributed by atoms with Gasteiger partial charge in [-0.2, -0.15) is 13.2 Å². The summed E-state index contributed by atoms with van der Waals surface area (Å²) in [5.41, 5.74) is 0.490. The van der Waals surface area contributed by atoms with Gasteiger partial charge in [-0.25, -0.2) is 4.79 Å². The fourth-order valence-electron chi connectivity index (χ4n) is 0.745. The molecule has 0 unspecified atom stereocenters. The van der Waals surface area contributed by atoms with Gasteiger partial charge in [-0.3, -0.25) is 0 Å². The number of esters is 1. The summed E-state index contributed by atoms with van der Waals surface area (Å²) in [4.78, 5) is 10.8. The van der Waals surface area contributed by atoms with Crippen molar-refractivity contribution in [1.29, 1.82) is 0 Å². The zero-order valence-corrected chi connectivity index (χ0v) is 8.65. The smallest absolute Gasteiger partial charge is 0.422 e. The molecule has 0 atom stereocenters. The Bertz CT molecular complexity index is 236. The van der Waals surface area contributed by atoms with E-state index in [-0.39, 0.29) is 0 Å². The van der Waals surface area contributed by atoms with Crippen molar-refractivity contribution < 1.29 is 22.7 Å². The number of carbonyl (C=O) groups excluding carboxylic acids is 1. The van der Waals surface area contributed by atoms with Gasteiger partial charge in [0.1, 0.15) is 0 Å². The van der Waals surface area contributed by atoms with Crippen molar-refractivity contribution in [3.05, 3.63) is 11.8 Å². The van der Waals surface area contributed by atoms with E-state index in [4.69, 9.17) is 0 Å². The molecule has 0 saturated heterocycles. The van der Waals surface area contributed by atoms with Crippen LogP contribution in [0.4, 0.5) is 13.2 Å². The fraction of sp³-hybridized carbons (Fsp3) is 0.667. The van der Waals surface area contributed by atoms with Crippen LogP contribution in [-0.4, -0.2) is 25.3 Å². The Kier molecular flexibility index (Phi) is 5.81. The van der Waals surface area contributed by atoms with E-state index in [1.165, 1.54) is 0 Å². The molecule has 0 aliphatic carbocycles. The molecule has 0 aromatic heterocycles. The van der Waals surface area contributed by atoms with Gasteiger partial charge in [-0.05, 0) is 13.3 Å². The minimum atomic E-state index is -4.48. The highest BCUT2D eigenvalue weighted by atomic mass is 19.4. The minimum Gasteiger partial charge on any atom is -0.453 e. The number of hydrogen-bond donors (Lipinski definition) is 1. The summed E-state index contributed by atoms with van der Waals surface area (Å²) in [6, 6.07) is 0. The number of halogens is 3. The third-order valence-corrected chi connectivity index (χ3v) is 1.37. The number of carbonyl (C=O) groups is 1. The van der Waals surface area contributed by atoms with Gasteiger partial charge in [-0.15, -0.1) is 0 Å². The zero-order chi connectivity index (χ0) is 11.9. The second kappa shape index (κ2) is 6.31. The lowest BCUT2D eigenvalue weighted by Crippen LogP contribution is -2.20. The van der Waals surface area contributed by atoms with Crippen molar-refractivity contribution in [2.24, 2.45) is 0 Å². The van der Waals surface area contributed by atoms with Crippen molar-refractivity contribution in [3.8, 4) is 0 Å². The van der Waals surface area contributed by atoms with E-state index in [0.29, 0.717) is 12.2 Å². The fourth-order valence-corrected chi connectivity index (χ4v) is 0.745. The quantitative estimate of drug-likeness (QED) is 0.574. The molecular weight excluding hydrogens is 211 g/mol. The van der Waals surface area contributed by atoms with E-state index >= 15 is 0 Å². The molecule has 0 saturated carbocycles. The SMILES string of the molecule is CCCN/C(C)=C\C(=O)OCC(F)(F)F. The zero-order valence-electron chi connectivity index (χ0n) is 8.65. The Balaban J connectivity index is 3.91. The van der Waals surface area contributed by atoms with Gasteiger partial charge in [0.25, 0.3) is 0 Å². The molecule has 6 heteroatoms. The van der Waals surface area contributed by atoms with Crippen LogP contribution in [0.25, 0.3) is 0 Å². The average molecular weight is 225 g/mol. The molecule has 0 fully saturated rings. The van der Waals surface area contributed by atoms with Crippen LogP contribution < -0.4 is 5.32 Å². The molecule has 88 valence electrons. The summed E-state index contributed by atoms with van der Waals surface area (Å²) in [7, 11) is 0. The highest BCUT2D eigenvalue weighted by molar-refractivity contribution is 5.82. The number of alkyl halides is 3. The van der Waals surface area contributed by atoms with E-state index in [0.717, 1.165) is 12.5 Å². The summed E-state index contributed by atoms with van der Waals surface area (Å²) < 4.78 is 38.9. The normalized spacial score (nSPS) is 12.5. The molecule has 0 rings (SSSR count). The molecule has 0 heterocycles. The number of rotatable bonds is 5. The average Bonchev–Trinajstić information content (AvgIpc) is 2.10. The van der Waals surface area contributed by atoms with Gasteiger partial charge in [0.2, 0.25) is 0 Å². The maximum absolute atomic E-state index is 11.6. The van der Waals surface area contributed by atoms with E-state index in [9.17, 15) is 18.0 Å². The van der Waals surface area contributed by atoms with Gasteiger partial charge < -0.3 is 10.1 Å². The minimum absolute atomic E-state index is 0.490. The van der Waals surface area contributed by atoms with Crippen LogP contribution in [0.3, 0.4) is 0 Å².